The van der Waals surface area contributed by atoms with Crippen LogP contribution in [0, 0.1) is 11.8 Å². The van der Waals surface area contributed by atoms with Crippen molar-refractivity contribution in [2.75, 3.05) is 39.3 Å². The molecule has 3 heterocycles. The second kappa shape index (κ2) is 31.3. The lowest BCUT2D eigenvalue weighted by atomic mass is 9.91. The molecule has 0 spiro atoms. The molecular weight excluding hydrogens is 993 g/mol. The molecule has 1 aromatic rings. The lowest BCUT2D eigenvalue weighted by Crippen LogP contribution is -2.65. The number of aliphatic hydroxyl groups excluding tert-OH is 7. The van der Waals surface area contributed by atoms with Crippen LogP contribution in [-0.4, -0.2) is 204 Å². The molecule has 4 rings (SSSR count). The fourth-order valence-electron chi connectivity index (χ4n) is 10.1. The SMILES string of the molecule is CCC(C)CC(C)CCCCCCCCC(=O)N[C@H]1C[C@@H](O)[C@@H](NCCN)NC(=O)[C@@H]2[C@@H](O)CCN2C(=O)[C@H]([C@H](O)CCN)NC(=O)[C@H]([C@H](O)[C@@H](O)c2ccc(O)cc2)NC(=O)[C@@H]2C[C@@H](O)CN2C(=O)[C@H](CO)NC1=O. The monoisotopic (exact) mass is 1080 g/mol. The number of phenols is 1. The third-order valence-electron chi connectivity index (χ3n) is 14.6. The number of amides is 7. The highest BCUT2D eigenvalue weighted by Crippen LogP contribution is 2.26. The summed E-state index contributed by atoms with van der Waals surface area (Å²) in [7, 11) is 0. The highest BCUT2D eigenvalue weighted by molar-refractivity contribution is 5.98. The molecule has 3 aliphatic heterocycles. The van der Waals surface area contributed by atoms with Gasteiger partial charge in [0.25, 0.3) is 0 Å². The molecule has 25 heteroatoms. The zero-order valence-corrected chi connectivity index (χ0v) is 44.1. The first-order valence-corrected chi connectivity index (χ1v) is 26.9. The first-order chi connectivity index (χ1) is 36.1. The molecule has 18 N–H and O–H groups in total. The molecule has 15 atom stereocenters. The van der Waals surface area contributed by atoms with Crippen LogP contribution in [0.2, 0.25) is 0 Å². The fourth-order valence-corrected chi connectivity index (χ4v) is 10.1. The summed E-state index contributed by atoms with van der Waals surface area (Å²) in [6.07, 6.45) is -5.18. The van der Waals surface area contributed by atoms with E-state index in [0.29, 0.717) is 24.7 Å². The molecule has 0 saturated carbocycles. The summed E-state index contributed by atoms with van der Waals surface area (Å²) in [6, 6.07) is -6.33. The molecule has 3 aliphatic rings. The standard InChI is InChI=1S/C51H86N10O15/c1-4-28(2)23-29(3)11-9-7-5-6-8-10-12-39(68)55-33-25-38(67)45(54-21-20-53)59-49(74)42-37(66)18-22-60(42)51(76)40(36(65)17-19-52)57-48(73)41(44(70)43(69)30-13-15-31(63)16-14-30)58-47(72)35-24-32(64)26-61(35)50(75)34(27-62)56-46(33)71/h13-16,28-29,32-38,40-45,54,62-67,69-70H,4-12,17-27,52-53H2,1-3H3,(H,55,68)(H,56,71)(H,57,73)(H,58,72)(H,59,74)/t28?,29?,32-,33+,34+,35+,36-,37+,38-,40+,41+,42+,43+,44+,45+/m1/s1. The number of unbranched alkanes of at least 4 members (excludes halogenated alkanes) is 5. The Labute approximate surface area is 444 Å². The van der Waals surface area contributed by atoms with Crippen LogP contribution in [0.1, 0.15) is 122 Å². The van der Waals surface area contributed by atoms with Crippen LogP contribution in [0.5, 0.6) is 5.75 Å². The van der Waals surface area contributed by atoms with Crippen molar-refractivity contribution in [3.63, 3.8) is 0 Å². The molecule has 0 aromatic heterocycles. The number of nitrogens with zero attached hydrogens (tertiary/aromatic N) is 2. The highest BCUT2D eigenvalue weighted by atomic mass is 16.3. The number of hydrogen-bond acceptors (Lipinski definition) is 18. The van der Waals surface area contributed by atoms with E-state index in [0.717, 1.165) is 48.3 Å². The van der Waals surface area contributed by atoms with Gasteiger partial charge in [-0.3, -0.25) is 38.9 Å². The number of benzene rings is 1. The van der Waals surface area contributed by atoms with Crippen LogP contribution in [0.4, 0.5) is 0 Å². The topological polar surface area (TPSA) is 412 Å². The molecule has 0 aliphatic carbocycles. The lowest BCUT2D eigenvalue weighted by Gasteiger charge is -2.35. The Morgan fingerprint density at radius 1 is 0.750 bits per heavy atom. The van der Waals surface area contributed by atoms with Crippen molar-refractivity contribution in [1.29, 1.82) is 0 Å². The van der Waals surface area contributed by atoms with E-state index < -0.39 is 146 Å². The Morgan fingerprint density at radius 2 is 1.41 bits per heavy atom. The summed E-state index contributed by atoms with van der Waals surface area (Å²) in [5, 5.41) is 104. The van der Waals surface area contributed by atoms with Crippen molar-refractivity contribution in [3.05, 3.63) is 29.8 Å². The van der Waals surface area contributed by atoms with E-state index >= 15 is 0 Å². The van der Waals surface area contributed by atoms with E-state index in [-0.39, 0.29) is 56.8 Å². The molecule has 3 fully saturated rings. The van der Waals surface area contributed by atoms with Gasteiger partial charge in [-0.2, -0.15) is 0 Å². The predicted molar refractivity (Wildman–Crippen MR) is 276 cm³/mol. The van der Waals surface area contributed by atoms with E-state index in [9.17, 15) is 74.4 Å². The number of aliphatic hydroxyl groups is 7. The van der Waals surface area contributed by atoms with Crippen LogP contribution in [0.15, 0.2) is 24.3 Å². The number of nitrogens with one attached hydrogen (secondary N) is 6. The molecule has 25 nitrogen and oxygen atoms in total. The minimum absolute atomic E-state index is 0.0222. The number of nitrogens with two attached hydrogens (primary N) is 2. The molecule has 0 bridgehead atoms. The number of fused-ring (bicyclic) bond motifs is 2. The van der Waals surface area contributed by atoms with E-state index in [1.54, 1.807) is 0 Å². The van der Waals surface area contributed by atoms with Crippen molar-refractivity contribution >= 4 is 41.4 Å². The first-order valence-electron chi connectivity index (χ1n) is 26.9. The van der Waals surface area contributed by atoms with Gasteiger partial charge in [-0.15, -0.1) is 0 Å². The Bertz CT molecular complexity index is 2040. The zero-order chi connectivity index (χ0) is 56.2. The fraction of sp³-hybridized carbons (Fsp3) is 0.745. The maximum atomic E-state index is 14.6. The molecular formula is C51H86N10O15. The predicted octanol–water partition coefficient (Wildman–Crippen LogP) is -3.70. The number of carbonyl (C=O) groups excluding carboxylic acids is 7. The number of phenolic OH excluding ortho intramolecular Hbond substituents is 1. The molecule has 430 valence electrons. The number of carbonyl (C=O) groups is 7. The van der Waals surface area contributed by atoms with E-state index in [1.165, 1.54) is 30.7 Å². The Kier molecular flexibility index (Phi) is 26.2. The molecule has 3 saturated heterocycles. The Morgan fingerprint density at radius 3 is 2.05 bits per heavy atom. The highest BCUT2D eigenvalue weighted by Gasteiger charge is 2.48. The minimum Gasteiger partial charge on any atom is -0.508 e. The maximum Gasteiger partial charge on any atom is 0.248 e. The van der Waals surface area contributed by atoms with Crippen molar-refractivity contribution in [1.82, 2.24) is 41.7 Å². The largest absolute Gasteiger partial charge is 0.508 e. The lowest BCUT2D eigenvalue weighted by molar-refractivity contribution is -0.148. The van der Waals surface area contributed by atoms with Crippen molar-refractivity contribution in [3.8, 4) is 5.75 Å². The van der Waals surface area contributed by atoms with Crippen molar-refractivity contribution < 1.29 is 74.4 Å². The second-order valence-electron chi connectivity index (χ2n) is 20.8. The van der Waals surface area contributed by atoms with Gasteiger partial charge in [0.15, 0.2) is 0 Å². The minimum atomic E-state index is -2.27. The summed E-state index contributed by atoms with van der Waals surface area (Å²) < 4.78 is 0. The molecule has 1 aromatic carbocycles. The van der Waals surface area contributed by atoms with E-state index in [2.05, 4.69) is 52.7 Å². The van der Waals surface area contributed by atoms with Gasteiger partial charge < -0.3 is 88.7 Å². The van der Waals surface area contributed by atoms with Crippen molar-refractivity contribution in [2.24, 2.45) is 23.3 Å². The van der Waals surface area contributed by atoms with Crippen LogP contribution >= 0.6 is 0 Å². The van der Waals surface area contributed by atoms with Gasteiger partial charge >= 0.3 is 0 Å². The average Bonchev–Trinajstić information content (AvgIpc) is 3.99. The van der Waals surface area contributed by atoms with E-state index in [4.69, 9.17) is 11.5 Å². The van der Waals surface area contributed by atoms with Crippen LogP contribution < -0.4 is 43.4 Å². The van der Waals surface area contributed by atoms with Gasteiger partial charge in [-0.05, 0) is 61.8 Å². The van der Waals surface area contributed by atoms with Gasteiger partial charge in [-0.1, -0.05) is 77.8 Å². The number of hydrogen-bond donors (Lipinski definition) is 16. The zero-order valence-electron chi connectivity index (χ0n) is 44.1. The maximum absolute atomic E-state index is 14.6. The van der Waals surface area contributed by atoms with Gasteiger partial charge in [0.1, 0.15) is 60.4 Å². The normalized spacial score (nSPS) is 28.4. The van der Waals surface area contributed by atoms with Crippen molar-refractivity contribution in [2.45, 2.75) is 190 Å². The Balaban J connectivity index is 1.71. The van der Waals surface area contributed by atoms with Crippen LogP contribution in [-0.2, 0) is 33.6 Å². The van der Waals surface area contributed by atoms with Gasteiger partial charge in [0.2, 0.25) is 41.4 Å². The molecule has 76 heavy (non-hydrogen) atoms. The van der Waals surface area contributed by atoms with Crippen LogP contribution in [0.25, 0.3) is 0 Å². The van der Waals surface area contributed by atoms with Crippen LogP contribution in [0.3, 0.4) is 0 Å². The first kappa shape index (κ1) is 63.4. The smallest absolute Gasteiger partial charge is 0.248 e. The molecule has 2 unspecified atom stereocenters. The average molecular weight is 1080 g/mol. The number of rotatable bonds is 23. The van der Waals surface area contributed by atoms with Gasteiger partial charge in [0.05, 0.1) is 31.0 Å². The van der Waals surface area contributed by atoms with Gasteiger partial charge in [0, 0.05) is 45.4 Å². The summed E-state index contributed by atoms with van der Waals surface area (Å²) in [5.74, 6) is -6.42. The third kappa shape index (κ3) is 18.3. The van der Waals surface area contributed by atoms with E-state index in [1.807, 2.05) is 0 Å². The molecule has 0 radical (unpaired) electrons. The summed E-state index contributed by atoms with van der Waals surface area (Å²) >= 11 is 0. The summed E-state index contributed by atoms with van der Waals surface area (Å²) in [6.45, 7) is 4.51. The number of aromatic hydroxyl groups is 1. The molecule has 7 amide bonds. The van der Waals surface area contributed by atoms with Gasteiger partial charge in [-0.25, -0.2) is 0 Å². The second-order valence-corrected chi connectivity index (χ2v) is 20.8. The summed E-state index contributed by atoms with van der Waals surface area (Å²) in [4.78, 5) is 101. The summed E-state index contributed by atoms with van der Waals surface area (Å²) in [5.41, 5.74) is 11.5. The Hall–Kier alpha value is -5.09. The quantitative estimate of drug-likeness (QED) is 0.0469. The third-order valence-corrected chi connectivity index (χ3v) is 14.6.